The minimum atomic E-state index is -0.590. The van der Waals surface area contributed by atoms with Crippen LogP contribution in [0.3, 0.4) is 0 Å². The van der Waals surface area contributed by atoms with Crippen LogP contribution in [0.2, 0.25) is 0 Å². The number of allylic oxidation sites excluding steroid dienone is 1. The molecule has 8 heteroatoms. The van der Waals surface area contributed by atoms with Gasteiger partial charge in [0.1, 0.15) is 23.1 Å². The number of hydrogen-bond acceptors (Lipinski definition) is 7. The van der Waals surface area contributed by atoms with E-state index < -0.39 is 5.92 Å². The number of methoxy groups -OCH3 is 1. The Hall–Kier alpha value is -3.28. The molecule has 2 aliphatic rings. The Morgan fingerprint density at radius 1 is 1.22 bits per heavy atom. The summed E-state index contributed by atoms with van der Waals surface area (Å²) < 4.78 is 18.1. The van der Waals surface area contributed by atoms with Crippen molar-refractivity contribution in [3.63, 3.8) is 0 Å². The molecule has 0 spiro atoms. The molecule has 0 saturated carbocycles. The molecule has 3 heterocycles. The fraction of sp³-hybridized carbons (Fsp3) is 0.417. The normalized spacial score (nSPS) is 18.6. The Balaban J connectivity index is 1.69. The van der Waals surface area contributed by atoms with Crippen molar-refractivity contribution in [2.24, 2.45) is 5.73 Å². The van der Waals surface area contributed by atoms with Gasteiger partial charge in [0.15, 0.2) is 0 Å². The van der Waals surface area contributed by atoms with Crippen LogP contribution in [-0.2, 0) is 11.3 Å². The summed E-state index contributed by atoms with van der Waals surface area (Å²) in [5.74, 6) is 0.549. The molecular weight excluding hydrogens is 408 g/mol. The molecule has 0 radical (unpaired) electrons. The largest absolute Gasteiger partial charge is 0.497 e. The molecule has 1 aromatic heterocycles. The minimum Gasteiger partial charge on any atom is -0.497 e. The van der Waals surface area contributed by atoms with Crippen molar-refractivity contribution < 1.29 is 14.2 Å². The van der Waals surface area contributed by atoms with Crippen LogP contribution in [0.5, 0.6) is 11.5 Å². The topological polar surface area (TPSA) is 103 Å². The first-order chi connectivity index (χ1) is 15.5. The highest BCUT2D eigenvalue weighted by atomic mass is 16.5. The van der Waals surface area contributed by atoms with Crippen molar-refractivity contribution in [2.45, 2.75) is 25.8 Å². The molecule has 1 fully saturated rings. The summed E-state index contributed by atoms with van der Waals surface area (Å²) >= 11 is 0. The quantitative estimate of drug-likeness (QED) is 0.740. The first kappa shape index (κ1) is 21.9. The van der Waals surface area contributed by atoms with E-state index in [1.54, 1.807) is 11.7 Å². The molecule has 1 aromatic carbocycles. The number of benzene rings is 1. The highest BCUT2D eigenvalue weighted by molar-refractivity contribution is 5.55. The monoisotopic (exact) mass is 436 g/mol. The zero-order valence-corrected chi connectivity index (χ0v) is 18.5. The average Bonchev–Trinajstić information content (AvgIpc) is 2.81. The van der Waals surface area contributed by atoms with Crippen LogP contribution >= 0.6 is 0 Å². The van der Waals surface area contributed by atoms with Gasteiger partial charge in [-0.25, -0.2) is 0 Å². The van der Waals surface area contributed by atoms with E-state index in [0.717, 1.165) is 50.5 Å². The third-order valence-electron chi connectivity index (χ3n) is 6.10. The van der Waals surface area contributed by atoms with E-state index in [-0.39, 0.29) is 17.0 Å². The van der Waals surface area contributed by atoms with E-state index in [1.165, 1.54) is 0 Å². The Morgan fingerprint density at radius 2 is 1.94 bits per heavy atom. The highest BCUT2D eigenvalue weighted by Crippen LogP contribution is 2.40. The molecule has 8 nitrogen and oxygen atoms in total. The first-order valence-electron chi connectivity index (χ1n) is 10.8. The second kappa shape index (κ2) is 9.47. The summed E-state index contributed by atoms with van der Waals surface area (Å²) in [5.41, 5.74) is 8.20. The van der Waals surface area contributed by atoms with Gasteiger partial charge in [0, 0.05) is 37.9 Å². The fourth-order valence-corrected chi connectivity index (χ4v) is 4.37. The predicted octanol–water partition coefficient (Wildman–Crippen LogP) is 2.11. The van der Waals surface area contributed by atoms with Crippen LogP contribution in [0.4, 0.5) is 0 Å². The van der Waals surface area contributed by atoms with E-state index in [1.807, 2.05) is 37.3 Å². The number of rotatable bonds is 6. The fourth-order valence-electron chi connectivity index (χ4n) is 4.37. The molecule has 0 unspecified atom stereocenters. The molecule has 2 aliphatic heterocycles. The number of nitrogens with two attached hydrogens (primary N) is 1. The Bertz CT molecular complexity index is 1110. The van der Waals surface area contributed by atoms with Gasteiger partial charge in [-0.15, -0.1) is 0 Å². The first-order valence-corrected chi connectivity index (χ1v) is 10.8. The molecule has 0 aliphatic carbocycles. The SMILES string of the molecule is COc1ccc([C@H]2C(C#N)=C(N)Oc3cc(C)n(CCCN4CCOCC4)c(=O)c32)cc1. The lowest BCUT2D eigenvalue weighted by Crippen LogP contribution is -2.38. The van der Waals surface area contributed by atoms with Gasteiger partial charge < -0.3 is 24.5 Å². The van der Waals surface area contributed by atoms with Crippen molar-refractivity contribution in [1.29, 1.82) is 5.26 Å². The van der Waals surface area contributed by atoms with Gasteiger partial charge >= 0.3 is 0 Å². The van der Waals surface area contributed by atoms with E-state index in [2.05, 4.69) is 11.0 Å². The lowest BCUT2D eigenvalue weighted by atomic mass is 9.84. The van der Waals surface area contributed by atoms with Crippen molar-refractivity contribution in [3.05, 3.63) is 69.0 Å². The van der Waals surface area contributed by atoms with Gasteiger partial charge in [0.2, 0.25) is 5.88 Å². The van der Waals surface area contributed by atoms with Gasteiger partial charge in [0.25, 0.3) is 5.56 Å². The summed E-state index contributed by atoms with van der Waals surface area (Å²) in [5, 5.41) is 9.80. The van der Waals surface area contributed by atoms with E-state index in [9.17, 15) is 10.1 Å². The molecule has 4 rings (SSSR count). The van der Waals surface area contributed by atoms with Crippen LogP contribution in [0.1, 0.15) is 29.2 Å². The van der Waals surface area contributed by atoms with Crippen molar-refractivity contribution in [1.82, 2.24) is 9.47 Å². The molecule has 168 valence electrons. The summed E-state index contributed by atoms with van der Waals surface area (Å²) in [7, 11) is 1.59. The average molecular weight is 437 g/mol. The lowest BCUT2D eigenvalue weighted by Gasteiger charge is -2.28. The number of pyridine rings is 1. The maximum Gasteiger partial charge on any atom is 0.258 e. The molecule has 2 aromatic rings. The Morgan fingerprint density at radius 3 is 2.59 bits per heavy atom. The van der Waals surface area contributed by atoms with Crippen LogP contribution in [0.25, 0.3) is 0 Å². The molecule has 2 N–H and O–H groups in total. The summed E-state index contributed by atoms with van der Waals surface area (Å²) in [6.45, 7) is 6.73. The molecule has 32 heavy (non-hydrogen) atoms. The minimum absolute atomic E-state index is 0.0321. The number of hydrogen-bond donors (Lipinski definition) is 1. The molecular formula is C24H28N4O4. The summed E-state index contributed by atoms with van der Waals surface area (Å²) in [4.78, 5) is 16.0. The van der Waals surface area contributed by atoms with Gasteiger partial charge in [-0.2, -0.15) is 5.26 Å². The summed E-state index contributed by atoms with van der Waals surface area (Å²) in [6.07, 6.45) is 0.844. The van der Waals surface area contributed by atoms with Crippen molar-refractivity contribution in [3.8, 4) is 17.6 Å². The van der Waals surface area contributed by atoms with Gasteiger partial charge in [-0.1, -0.05) is 12.1 Å². The maximum absolute atomic E-state index is 13.6. The summed E-state index contributed by atoms with van der Waals surface area (Å²) in [6, 6.07) is 11.3. The Labute approximate surface area is 187 Å². The Kier molecular flexibility index (Phi) is 6.49. The second-order valence-electron chi connectivity index (χ2n) is 8.03. The van der Waals surface area contributed by atoms with Gasteiger partial charge in [-0.3, -0.25) is 9.69 Å². The standard InChI is InChI=1S/C24H28N4O4/c1-16-14-20-22(24(29)28(16)9-3-8-27-10-12-31-13-11-27)21(19(15-25)23(26)32-20)17-4-6-18(30-2)7-5-17/h4-7,14,21H,3,8-13,26H2,1-2H3/t21-/m0/s1. The van der Waals surface area contributed by atoms with E-state index in [4.69, 9.17) is 19.9 Å². The van der Waals surface area contributed by atoms with Gasteiger partial charge in [0.05, 0.1) is 31.8 Å². The number of aromatic nitrogens is 1. The zero-order chi connectivity index (χ0) is 22.7. The number of fused-ring (bicyclic) bond motifs is 1. The lowest BCUT2D eigenvalue weighted by molar-refractivity contribution is 0.0369. The number of nitriles is 1. The van der Waals surface area contributed by atoms with Crippen LogP contribution in [-0.4, -0.2) is 49.4 Å². The maximum atomic E-state index is 13.6. The van der Waals surface area contributed by atoms with E-state index >= 15 is 0 Å². The third-order valence-corrected chi connectivity index (χ3v) is 6.10. The second-order valence-corrected chi connectivity index (χ2v) is 8.03. The van der Waals surface area contributed by atoms with Crippen molar-refractivity contribution in [2.75, 3.05) is 40.0 Å². The van der Waals surface area contributed by atoms with Gasteiger partial charge in [-0.05, 0) is 31.0 Å². The van der Waals surface area contributed by atoms with Crippen molar-refractivity contribution >= 4 is 0 Å². The molecule has 1 saturated heterocycles. The zero-order valence-electron chi connectivity index (χ0n) is 18.5. The van der Waals surface area contributed by atoms with E-state index in [0.29, 0.717) is 23.6 Å². The number of morpholine rings is 1. The number of nitrogens with zero attached hydrogens (tertiary/aromatic N) is 3. The smallest absolute Gasteiger partial charge is 0.258 e. The predicted molar refractivity (Wildman–Crippen MR) is 120 cm³/mol. The molecule has 0 bridgehead atoms. The number of ether oxygens (including phenoxy) is 3. The molecule has 0 amide bonds. The number of aryl methyl sites for hydroxylation is 1. The van der Waals surface area contributed by atoms with Crippen LogP contribution < -0.4 is 20.8 Å². The third kappa shape index (κ3) is 4.22. The molecule has 1 atom stereocenters. The highest BCUT2D eigenvalue weighted by Gasteiger charge is 2.34. The van der Waals surface area contributed by atoms with Crippen LogP contribution in [0.15, 0.2) is 46.6 Å². The van der Waals surface area contributed by atoms with Crippen LogP contribution in [0, 0.1) is 18.3 Å².